The van der Waals surface area contributed by atoms with Crippen molar-refractivity contribution in [3.63, 3.8) is 0 Å². The monoisotopic (exact) mass is 392 g/mol. The van der Waals surface area contributed by atoms with Crippen LogP contribution in [0.4, 0.5) is 19.0 Å². The minimum Gasteiger partial charge on any atom is -0.490 e. The predicted octanol–water partition coefficient (Wildman–Crippen LogP) is 4.52. The van der Waals surface area contributed by atoms with Crippen molar-refractivity contribution in [1.82, 2.24) is 4.98 Å². The van der Waals surface area contributed by atoms with Crippen molar-refractivity contribution in [2.24, 2.45) is 5.92 Å². The maximum absolute atomic E-state index is 12.2. The average Bonchev–Trinajstić information content (AvgIpc) is 2.57. The Labute approximate surface area is 156 Å². The van der Waals surface area contributed by atoms with Crippen molar-refractivity contribution >= 4 is 29.0 Å². The Morgan fingerprint density at radius 3 is 2.81 bits per heavy atom. The van der Waals surface area contributed by atoms with Gasteiger partial charge in [0.05, 0.1) is 24.1 Å². The van der Waals surface area contributed by atoms with Crippen LogP contribution in [0.5, 0.6) is 5.75 Å². The number of nitrogens with one attached hydrogen (secondary N) is 1. The molecule has 1 aromatic heterocycles. The Hall–Kier alpha value is -1.90. The highest BCUT2D eigenvalue weighted by atomic mass is 32.1. The molecule has 1 heterocycles. The number of anilines is 1. The van der Waals surface area contributed by atoms with Crippen molar-refractivity contribution in [2.75, 3.05) is 18.5 Å². The quantitative estimate of drug-likeness (QED) is 0.359. The zero-order chi connectivity index (χ0) is 19.6. The van der Waals surface area contributed by atoms with Gasteiger partial charge in [-0.3, -0.25) is 4.79 Å². The molecule has 0 bridgehead atoms. The van der Waals surface area contributed by atoms with Gasteiger partial charge >= 0.3 is 12.1 Å². The van der Waals surface area contributed by atoms with E-state index in [4.69, 9.17) is 21.7 Å². The smallest absolute Gasteiger partial charge is 0.389 e. The fraction of sp³-hybridized carbons (Fsp3) is 0.588. The lowest BCUT2D eigenvalue weighted by Crippen LogP contribution is -2.18. The van der Waals surface area contributed by atoms with Crippen LogP contribution in [0, 0.1) is 5.92 Å². The number of nitrogens with zero attached hydrogens (tertiary/aromatic N) is 1. The number of rotatable bonds is 10. The largest absolute Gasteiger partial charge is 0.490 e. The van der Waals surface area contributed by atoms with E-state index in [1.165, 1.54) is 6.20 Å². The molecular formula is C17H23F3N2O3S. The number of halogens is 3. The summed E-state index contributed by atoms with van der Waals surface area (Å²) < 4.78 is 46.8. The molecule has 26 heavy (non-hydrogen) atoms. The van der Waals surface area contributed by atoms with Crippen LogP contribution >= 0.6 is 12.2 Å². The molecule has 0 saturated heterocycles. The molecule has 1 atom stereocenters. The van der Waals surface area contributed by atoms with Crippen LogP contribution in [0.2, 0.25) is 0 Å². The van der Waals surface area contributed by atoms with Crippen molar-refractivity contribution < 1.29 is 27.4 Å². The Balaban J connectivity index is 2.48. The summed E-state index contributed by atoms with van der Waals surface area (Å²) in [6.45, 7) is 3.76. The summed E-state index contributed by atoms with van der Waals surface area (Å²) in [4.78, 5) is 16.1. The minimum absolute atomic E-state index is 0.0768. The van der Waals surface area contributed by atoms with Gasteiger partial charge in [-0.05, 0) is 38.3 Å². The molecule has 0 fully saturated rings. The second kappa shape index (κ2) is 10.9. The van der Waals surface area contributed by atoms with Crippen LogP contribution in [0.3, 0.4) is 0 Å². The number of carbonyl (C=O) groups excluding carboxylic acids is 1. The fourth-order valence-corrected chi connectivity index (χ4v) is 2.21. The van der Waals surface area contributed by atoms with Crippen LogP contribution in [0.25, 0.3) is 0 Å². The summed E-state index contributed by atoms with van der Waals surface area (Å²) in [6, 6.07) is 3.23. The Kier molecular flexibility index (Phi) is 9.32. The maximum Gasteiger partial charge on any atom is 0.389 e. The number of thiocarbonyl (C=S) groups is 1. The third-order valence-corrected chi connectivity index (χ3v) is 3.69. The zero-order valence-corrected chi connectivity index (χ0v) is 15.6. The van der Waals surface area contributed by atoms with Crippen LogP contribution in [-0.4, -0.2) is 35.3 Å². The number of ether oxygens (including phenoxy) is 2. The van der Waals surface area contributed by atoms with Gasteiger partial charge in [0.15, 0.2) is 11.6 Å². The third kappa shape index (κ3) is 8.98. The molecule has 1 rings (SSSR count). The summed E-state index contributed by atoms with van der Waals surface area (Å²) in [5.74, 6) is 0.113. The summed E-state index contributed by atoms with van der Waals surface area (Å²) >= 11 is 5.24. The lowest BCUT2D eigenvalue weighted by atomic mass is 10.1. The Morgan fingerprint density at radius 2 is 2.15 bits per heavy atom. The minimum atomic E-state index is -4.20. The van der Waals surface area contributed by atoms with E-state index < -0.39 is 12.6 Å². The van der Waals surface area contributed by atoms with E-state index in [9.17, 15) is 18.0 Å². The highest BCUT2D eigenvalue weighted by Gasteiger charge is 2.26. The van der Waals surface area contributed by atoms with E-state index in [-0.39, 0.29) is 24.9 Å². The van der Waals surface area contributed by atoms with E-state index in [2.05, 4.69) is 10.3 Å². The molecule has 0 aromatic carbocycles. The summed E-state index contributed by atoms with van der Waals surface area (Å²) in [6.07, 6.45) is -2.76. The second-order valence-corrected chi connectivity index (χ2v) is 6.15. The molecule has 0 saturated carbocycles. The first-order valence-electron chi connectivity index (χ1n) is 8.34. The van der Waals surface area contributed by atoms with Gasteiger partial charge in [-0.2, -0.15) is 13.2 Å². The molecule has 146 valence electrons. The van der Waals surface area contributed by atoms with Crippen LogP contribution in [0.15, 0.2) is 18.3 Å². The third-order valence-electron chi connectivity index (χ3n) is 3.38. The molecule has 0 amide bonds. The van der Waals surface area contributed by atoms with E-state index in [0.29, 0.717) is 36.0 Å². The first-order valence-corrected chi connectivity index (χ1v) is 8.74. The molecule has 1 unspecified atom stereocenters. The summed E-state index contributed by atoms with van der Waals surface area (Å²) in [5, 5.41) is 2.91. The van der Waals surface area contributed by atoms with Crippen molar-refractivity contribution in [3.05, 3.63) is 18.3 Å². The molecule has 0 aliphatic carbocycles. The van der Waals surface area contributed by atoms with Gasteiger partial charge in [-0.1, -0.05) is 19.1 Å². The first kappa shape index (κ1) is 22.1. The second-order valence-electron chi connectivity index (χ2n) is 5.66. The van der Waals surface area contributed by atoms with Gasteiger partial charge in [0.25, 0.3) is 0 Å². The van der Waals surface area contributed by atoms with Gasteiger partial charge in [-0.25, -0.2) is 4.98 Å². The van der Waals surface area contributed by atoms with Crippen molar-refractivity contribution in [1.29, 1.82) is 0 Å². The Bertz CT molecular complexity index is 597. The zero-order valence-electron chi connectivity index (χ0n) is 14.8. The van der Waals surface area contributed by atoms with E-state index in [1.807, 2.05) is 0 Å². The number of hydrogen-bond donors (Lipinski definition) is 1. The Morgan fingerprint density at radius 1 is 1.42 bits per heavy atom. The number of alkyl halides is 3. The average molecular weight is 392 g/mol. The summed E-state index contributed by atoms with van der Waals surface area (Å²) in [5.41, 5.74) is 0. The van der Waals surface area contributed by atoms with Gasteiger partial charge < -0.3 is 14.8 Å². The highest BCUT2D eigenvalue weighted by Crippen LogP contribution is 2.24. The van der Waals surface area contributed by atoms with E-state index in [1.54, 1.807) is 26.0 Å². The predicted molar refractivity (Wildman–Crippen MR) is 96.3 cm³/mol. The SMILES string of the molecule is CCOC(=O)C(C)CCC(=S)Nc1ncccc1OCCCC(F)(F)F. The lowest BCUT2D eigenvalue weighted by Gasteiger charge is -2.14. The van der Waals surface area contributed by atoms with Crippen LogP contribution in [-0.2, 0) is 9.53 Å². The van der Waals surface area contributed by atoms with E-state index in [0.717, 1.165) is 0 Å². The summed E-state index contributed by atoms with van der Waals surface area (Å²) in [7, 11) is 0. The van der Waals surface area contributed by atoms with Gasteiger partial charge in [0.1, 0.15) is 0 Å². The number of esters is 1. The molecular weight excluding hydrogens is 369 g/mol. The number of carbonyl (C=O) groups is 1. The van der Waals surface area contributed by atoms with Gasteiger partial charge in [0.2, 0.25) is 0 Å². The molecule has 1 aromatic rings. The van der Waals surface area contributed by atoms with Crippen molar-refractivity contribution in [3.8, 4) is 5.75 Å². The molecule has 1 N–H and O–H groups in total. The van der Waals surface area contributed by atoms with Crippen molar-refractivity contribution in [2.45, 2.75) is 45.7 Å². The van der Waals surface area contributed by atoms with E-state index >= 15 is 0 Å². The first-order chi connectivity index (χ1) is 12.2. The van der Waals surface area contributed by atoms with Gasteiger partial charge in [0, 0.05) is 12.6 Å². The van der Waals surface area contributed by atoms with Crippen LogP contribution < -0.4 is 10.1 Å². The fourth-order valence-electron chi connectivity index (χ4n) is 2.00. The lowest BCUT2D eigenvalue weighted by molar-refractivity contribution is -0.147. The van der Waals surface area contributed by atoms with Gasteiger partial charge in [-0.15, -0.1) is 0 Å². The van der Waals surface area contributed by atoms with Crippen LogP contribution in [0.1, 0.15) is 39.5 Å². The molecule has 0 aliphatic heterocycles. The molecule has 5 nitrogen and oxygen atoms in total. The maximum atomic E-state index is 12.2. The number of pyridine rings is 1. The number of hydrogen-bond acceptors (Lipinski definition) is 5. The standard InChI is InChI=1S/C17H23F3N2O3S/c1-3-24-16(23)12(2)7-8-14(26)22-15-13(6-4-10-21-15)25-11-5-9-17(18,19)20/h4,6,10,12H,3,5,7-9,11H2,1-2H3,(H,21,22,26). The molecule has 0 spiro atoms. The number of aromatic nitrogens is 1. The molecule has 9 heteroatoms. The normalized spacial score (nSPS) is 12.3. The topological polar surface area (TPSA) is 60.5 Å². The molecule has 0 aliphatic rings. The highest BCUT2D eigenvalue weighted by molar-refractivity contribution is 7.80. The molecule has 0 radical (unpaired) electrons.